The van der Waals surface area contributed by atoms with Crippen LogP contribution >= 0.6 is 11.6 Å². The van der Waals surface area contributed by atoms with Gasteiger partial charge in [-0.3, -0.25) is 0 Å². The van der Waals surface area contributed by atoms with Gasteiger partial charge >= 0.3 is 0 Å². The Hall–Kier alpha value is -0.580. The Morgan fingerprint density at radius 3 is 2.68 bits per heavy atom. The highest BCUT2D eigenvalue weighted by Gasteiger charge is 2.41. The van der Waals surface area contributed by atoms with Crippen LogP contribution in [0.1, 0.15) is 33.1 Å². The molecule has 1 aromatic carbocycles. The standard InChI is InChI=1S/C14H20ClNO2S/c1-14(2)7-6-12(16)13(9-14)19(17,18)11-5-3-4-10(15)8-11/h3-5,8,12-13H,6-7,9,16H2,1-2H3. The molecule has 1 aliphatic carbocycles. The summed E-state index contributed by atoms with van der Waals surface area (Å²) in [7, 11) is -3.41. The topological polar surface area (TPSA) is 60.2 Å². The van der Waals surface area contributed by atoms with Crippen molar-refractivity contribution in [2.75, 3.05) is 0 Å². The Morgan fingerprint density at radius 1 is 1.37 bits per heavy atom. The summed E-state index contributed by atoms with van der Waals surface area (Å²) in [5.74, 6) is 0. The summed E-state index contributed by atoms with van der Waals surface area (Å²) in [6, 6.07) is 6.14. The summed E-state index contributed by atoms with van der Waals surface area (Å²) < 4.78 is 25.4. The predicted molar refractivity (Wildman–Crippen MR) is 78.0 cm³/mol. The zero-order chi connectivity index (χ0) is 14.3. The molecule has 0 aromatic heterocycles. The van der Waals surface area contributed by atoms with E-state index in [1.807, 2.05) is 0 Å². The lowest BCUT2D eigenvalue weighted by Gasteiger charge is -2.38. The van der Waals surface area contributed by atoms with E-state index >= 15 is 0 Å². The second kappa shape index (κ2) is 5.08. The average Bonchev–Trinajstić information content (AvgIpc) is 2.32. The van der Waals surface area contributed by atoms with Gasteiger partial charge in [0, 0.05) is 11.1 Å². The van der Waals surface area contributed by atoms with E-state index in [9.17, 15) is 8.42 Å². The first-order valence-corrected chi connectivity index (χ1v) is 8.40. The molecule has 0 aliphatic heterocycles. The van der Waals surface area contributed by atoms with Crippen LogP contribution in [0.4, 0.5) is 0 Å². The van der Waals surface area contributed by atoms with Gasteiger partial charge in [0.2, 0.25) is 0 Å². The second-order valence-corrected chi connectivity index (χ2v) is 8.72. The molecule has 0 spiro atoms. The highest BCUT2D eigenvalue weighted by molar-refractivity contribution is 7.92. The molecule has 1 saturated carbocycles. The Balaban J connectivity index is 2.38. The van der Waals surface area contributed by atoms with Crippen LogP contribution in [0.2, 0.25) is 5.02 Å². The van der Waals surface area contributed by atoms with Gasteiger partial charge in [0.1, 0.15) is 0 Å². The van der Waals surface area contributed by atoms with E-state index in [-0.39, 0.29) is 16.4 Å². The molecule has 5 heteroatoms. The number of hydrogen-bond donors (Lipinski definition) is 1. The van der Waals surface area contributed by atoms with E-state index in [2.05, 4.69) is 13.8 Å². The largest absolute Gasteiger partial charge is 0.327 e. The van der Waals surface area contributed by atoms with Crippen LogP contribution in [0.5, 0.6) is 0 Å². The summed E-state index contributed by atoms with van der Waals surface area (Å²) in [5.41, 5.74) is 6.07. The van der Waals surface area contributed by atoms with E-state index in [4.69, 9.17) is 17.3 Å². The Bertz CT molecular complexity index is 569. The van der Waals surface area contributed by atoms with Crippen LogP contribution in [0.25, 0.3) is 0 Å². The van der Waals surface area contributed by atoms with Crippen LogP contribution in [-0.4, -0.2) is 19.7 Å². The third kappa shape index (κ3) is 3.12. The third-order valence-electron chi connectivity index (χ3n) is 3.91. The third-order valence-corrected chi connectivity index (χ3v) is 6.37. The molecule has 1 fully saturated rings. The molecule has 2 N–H and O–H groups in total. The normalized spacial score (nSPS) is 27.2. The lowest BCUT2D eigenvalue weighted by Crippen LogP contribution is -2.47. The van der Waals surface area contributed by atoms with Gasteiger partial charge in [-0.05, 0) is 42.9 Å². The van der Waals surface area contributed by atoms with E-state index in [1.165, 1.54) is 6.07 Å². The van der Waals surface area contributed by atoms with Crippen molar-refractivity contribution in [3.63, 3.8) is 0 Å². The van der Waals surface area contributed by atoms with Crippen molar-refractivity contribution in [1.82, 2.24) is 0 Å². The van der Waals surface area contributed by atoms with E-state index in [0.29, 0.717) is 11.4 Å². The highest BCUT2D eigenvalue weighted by Crippen LogP contribution is 2.39. The maximum absolute atomic E-state index is 12.7. The number of rotatable bonds is 2. The van der Waals surface area contributed by atoms with Crippen LogP contribution < -0.4 is 5.73 Å². The fourth-order valence-corrected chi connectivity index (χ4v) is 5.13. The van der Waals surface area contributed by atoms with Gasteiger partial charge in [-0.2, -0.15) is 0 Å². The molecule has 2 unspecified atom stereocenters. The van der Waals surface area contributed by atoms with Gasteiger partial charge in [0.25, 0.3) is 0 Å². The average molecular weight is 302 g/mol. The number of nitrogens with two attached hydrogens (primary N) is 1. The molecule has 0 heterocycles. The van der Waals surface area contributed by atoms with E-state index in [1.54, 1.807) is 18.2 Å². The summed E-state index contributed by atoms with van der Waals surface area (Å²) in [4.78, 5) is 0.276. The predicted octanol–water partition coefficient (Wildman–Crippen LogP) is 3.02. The highest BCUT2D eigenvalue weighted by atomic mass is 35.5. The number of sulfone groups is 1. The van der Waals surface area contributed by atoms with Crippen molar-refractivity contribution in [1.29, 1.82) is 0 Å². The zero-order valence-electron chi connectivity index (χ0n) is 11.3. The molecule has 0 amide bonds. The Kier molecular flexibility index (Phi) is 3.96. The van der Waals surface area contributed by atoms with Crippen molar-refractivity contribution in [2.24, 2.45) is 11.1 Å². The fraction of sp³-hybridized carbons (Fsp3) is 0.571. The van der Waals surface area contributed by atoms with Crippen LogP contribution in [0.3, 0.4) is 0 Å². The quantitative estimate of drug-likeness (QED) is 0.913. The maximum Gasteiger partial charge on any atom is 0.182 e. The SMILES string of the molecule is CC1(C)CCC(N)C(S(=O)(=O)c2cccc(Cl)c2)C1. The fourth-order valence-electron chi connectivity index (χ4n) is 2.70. The number of benzene rings is 1. The smallest absolute Gasteiger partial charge is 0.182 e. The van der Waals surface area contributed by atoms with Crippen molar-refractivity contribution in [3.05, 3.63) is 29.3 Å². The molecule has 0 radical (unpaired) electrons. The zero-order valence-corrected chi connectivity index (χ0v) is 12.8. The molecule has 1 aliphatic rings. The van der Waals surface area contributed by atoms with Crippen LogP contribution in [0, 0.1) is 5.41 Å². The maximum atomic E-state index is 12.7. The number of hydrogen-bond acceptors (Lipinski definition) is 3. The van der Waals surface area contributed by atoms with Crippen LogP contribution in [0.15, 0.2) is 29.2 Å². The van der Waals surface area contributed by atoms with Crippen LogP contribution in [-0.2, 0) is 9.84 Å². The molecular weight excluding hydrogens is 282 g/mol. The Labute approximate surface area is 120 Å². The Morgan fingerprint density at radius 2 is 2.05 bits per heavy atom. The van der Waals surface area contributed by atoms with Crippen molar-refractivity contribution >= 4 is 21.4 Å². The van der Waals surface area contributed by atoms with Crippen molar-refractivity contribution in [2.45, 2.75) is 49.3 Å². The first-order valence-electron chi connectivity index (χ1n) is 6.47. The van der Waals surface area contributed by atoms with Gasteiger partial charge in [0.15, 0.2) is 9.84 Å². The summed E-state index contributed by atoms with van der Waals surface area (Å²) in [6.07, 6.45) is 2.32. The summed E-state index contributed by atoms with van der Waals surface area (Å²) >= 11 is 5.89. The summed E-state index contributed by atoms with van der Waals surface area (Å²) in [5, 5.41) is -0.0839. The first kappa shape index (κ1) is 14.8. The minimum absolute atomic E-state index is 0.0200. The second-order valence-electron chi connectivity index (χ2n) is 6.11. The van der Waals surface area contributed by atoms with Gasteiger partial charge in [0.05, 0.1) is 10.1 Å². The molecule has 106 valence electrons. The molecule has 0 bridgehead atoms. The first-order chi connectivity index (χ1) is 8.72. The molecular formula is C14H20ClNO2S. The van der Waals surface area contributed by atoms with Gasteiger partial charge in [-0.1, -0.05) is 31.5 Å². The molecule has 1 aromatic rings. The molecule has 0 saturated heterocycles. The molecule has 19 heavy (non-hydrogen) atoms. The van der Waals surface area contributed by atoms with E-state index < -0.39 is 15.1 Å². The minimum atomic E-state index is -3.41. The minimum Gasteiger partial charge on any atom is -0.327 e. The summed E-state index contributed by atoms with van der Waals surface area (Å²) in [6.45, 7) is 4.19. The monoisotopic (exact) mass is 301 g/mol. The van der Waals surface area contributed by atoms with Gasteiger partial charge < -0.3 is 5.73 Å². The van der Waals surface area contributed by atoms with Gasteiger partial charge in [-0.15, -0.1) is 0 Å². The molecule has 3 nitrogen and oxygen atoms in total. The van der Waals surface area contributed by atoms with Gasteiger partial charge in [-0.25, -0.2) is 8.42 Å². The van der Waals surface area contributed by atoms with Crippen molar-refractivity contribution < 1.29 is 8.42 Å². The number of halogens is 1. The lowest BCUT2D eigenvalue weighted by molar-refractivity contribution is 0.227. The molecule has 2 atom stereocenters. The molecule has 2 rings (SSSR count). The van der Waals surface area contributed by atoms with Crippen molar-refractivity contribution in [3.8, 4) is 0 Å². The van der Waals surface area contributed by atoms with E-state index in [0.717, 1.165) is 12.8 Å². The lowest BCUT2D eigenvalue weighted by atomic mass is 9.75.